The van der Waals surface area contributed by atoms with Gasteiger partial charge >= 0.3 is 5.97 Å². The number of carbonyl (C=O) groups is 1. The number of benzene rings is 1. The first kappa shape index (κ1) is 13.0. The van der Waals surface area contributed by atoms with E-state index in [9.17, 15) is 9.90 Å². The van der Waals surface area contributed by atoms with E-state index in [1.54, 1.807) is 24.3 Å². The predicted octanol–water partition coefficient (Wildman–Crippen LogP) is 2.64. The fourth-order valence-electron chi connectivity index (χ4n) is 1.62. The van der Waals surface area contributed by atoms with Crippen molar-refractivity contribution in [2.24, 2.45) is 0 Å². The lowest BCUT2D eigenvalue weighted by Crippen LogP contribution is -2.04. The summed E-state index contributed by atoms with van der Waals surface area (Å²) < 4.78 is 4.67. The van der Waals surface area contributed by atoms with Gasteiger partial charge in [-0.15, -0.1) is 13.2 Å². The van der Waals surface area contributed by atoms with Gasteiger partial charge in [0.15, 0.2) is 0 Å². The average Bonchev–Trinajstić information content (AvgIpc) is 2.33. The van der Waals surface area contributed by atoms with Gasteiger partial charge in [0.25, 0.3) is 0 Å². The summed E-state index contributed by atoms with van der Waals surface area (Å²) >= 11 is 0. The first-order chi connectivity index (χ1) is 8.13. The Hall–Kier alpha value is -2.03. The van der Waals surface area contributed by atoms with Crippen molar-refractivity contribution in [3.8, 4) is 5.75 Å². The van der Waals surface area contributed by atoms with Crippen molar-refractivity contribution in [2.75, 3.05) is 7.11 Å². The Balaban J connectivity index is 3.29. The highest BCUT2D eigenvalue weighted by Gasteiger charge is 2.13. The second-order valence-corrected chi connectivity index (χ2v) is 3.62. The molecule has 0 atom stereocenters. The third kappa shape index (κ3) is 2.97. The molecule has 0 aliphatic rings. The lowest BCUT2D eigenvalue weighted by Gasteiger charge is -2.10. The van der Waals surface area contributed by atoms with Crippen LogP contribution in [0.5, 0.6) is 5.75 Å². The zero-order valence-corrected chi connectivity index (χ0v) is 9.90. The minimum Gasteiger partial charge on any atom is -0.507 e. The number of esters is 1. The summed E-state index contributed by atoms with van der Waals surface area (Å²) in [6.45, 7) is 7.24. The number of hydrogen-bond acceptors (Lipinski definition) is 3. The minimum absolute atomic E-state index is 0.192. The maximum absolute atomic E-state index is 11.5. The normalized spacial score (nSPS) is 9.71. The van der Waals surface area contributed by atoms with Crippen LogP contribution in [0, 0.1) is 0 Å². The van der Waals surface area contributed by atoms with Crippen molar-refractivity contribution < 1.29 is 14.6 Å². The largest absolute Gasteiger partial charge is 0.507 e. The number of methoxy groups -OCH3 is 1. The van der Waals surface area contributed by atoms with Crippen LogP contribution in [0.4, 0.5) is 0 Å². The summed E-state index contributed by atoms with van der Waals surface area (Å²) in [6, 6.07) is 3.24. The molecular formula is C14H16O3. The molecule has 0 unspecified atom stereocenters. The molecule has 1 aromatic carbocycles. The number of carbonyl (C=O) groups excluding carboxylic acids is 1. The third-order valence-corrected chi connectivity index (χ3v) is 2.42. The van der Waals surface area contributed by atoms with Gasteiger partial charge in [-0.2, -0.15) is 0 Å². The SMILES string of the molecule is C=CCc1cc(C(=O)OC)cc(CC=C)c1O. The molecule has 1 rings (SSSR count). The zero-order chi connectivity index (χ0) is 12.8. The molecule has 0 saturated heterocycles. The number of phenolic OH excluding ortho intramolecular Hbond substituents is 1. The predicted molar refractivity (Wildman–Crippen MR) is 67.2 cm³/mol. The fraction of sp³-hybridized carbons (Fsp3) is 0.214. The topological polar surface area (TPSA) is 46.5 Å². The van der Waals surface area contributed by atoms with Gasteiger partial charge in [0.1, 0.15) is 5.75 Å². The standard InChI is InChI=1S/C14H16O3/c1-4-6-10-8-12(14(16)17-3)9-11(7-5-2)13(10)15/h4-5,8-9,15H,1-2,6-7H2,3H3. The Labute approximate surface area is 101 Å². The van der Waals surface area contributed by atoms with E-state index < -0.39 is 5.97 Å². The molecule has 0 fully saturated rings. The summed E-state index contributed by atoms with van der Waals surface area (Å²) in [6.07, 6.45) is 4.35. The summed E-state index contributed by atoms with van der Waals surface area (Å²) in [7, 11) is 1.33. The second kappa shape index (κ2) is 5.89. The molecule has 1 N–H and O–H groups in total. The van der Waals surface area contributed by atoms with E-state index in [1.807, 2.05) is 0 Å². The van der Waals surface area contributed by atoms with Gasteiger partial charge in [-0.1, -0.05) is 12.2 Å². The molecule has 3 heteroatoms. The molecule has 17 heavy (non-hydrogen) atoms. The maximum atomic E-state index is 11.5. The highest BCUT2D eigenvalue weighted by molar-refractivity contribution is 5.90. The van der Waals surface area contributed by atoms with E-state index in [-0.39, 0.29) is 5.75 Å². The number of phenols is 1. The molecule has 0 aliphatic carbocycles. The molecule has 0 aliphatic heterocycles. The van der Waals surface area contributed by atoms with Crippen molar-refractivity contribution in [3.05, 3.63) is 54.1 Å². The maximum Gasteiger partial charge on any atom is 0.337 e. The van der Waals surface area contributed by atoms with Crippen LogP contribution < -0.4 is 0 Å². The summed E-state index contributed by atoms with van der Waals surface area (Å²) in [5, 5.41) is 9.98. The van der Waals surface area contributed by atoms with E-state index in [0.717, 1.165) is 0 Å². The Morgan fingerprint density at radius 2 is 1.76 bits per heavy atom. The molecule has 0 bridgehead atoms. The van der Waals surface area contributed by atoms with Crippen LogP contribution in [-0.4, -0.2) is 18.2 Å². The van der Waals surface area contributed by atoms with Crippen LogP contribution >= 0.6 is 0 Å². The number of aromatic hydroxyl groups is 1. The molecule has 90 valence electrons. The molecule has 0 radical (unpaired) electrons. The van der Waals surface area contributed by atoms with E-state index in [2.05, 4.69) is 17.9 Å². The minimum atomic E-state index is -0.416. The van der Waals surface area contributed by atoms with Crippen molar-refractivity contribution in [1.82, 2.24) is 0 Å². The molecular weight excluding hydrogens is 216 g/mol. The number of allylic oxidation sites excluding steroid dienone is 2. The van der Waals surface area contributed by atoms with Crippen molar-refractivity contribution in [1.29, 1.82) is 0 Å². The van der Waals surface area contributed by atoms with Gasteiger partial charge in [0.05, 0.1) is 12.7 Å². The van der Waals surface area contributed by atoms with Gasteiger partial charge in [-0.3, -0.25) is 0 Å². The van der Waals surface area contributed by atoms with Crippen molar-refractivity contribution in [3.63, 3.8) is 0 Å². The summed E-state index contributed by atoms with van der Waals surface area (Å²) in [5.41, 5.74) is 1.76. The first-order valence-electron chi connectivity index (χ1n) is 5.28. The van der Waals surface area contributed by atoms with Gasteiger partial charge in [0.2, 0.25) is 0 Å². The zero-order valence-electron chi connectivity index (χ0n) is 9.90. The quantitative estimate of drug-likeness (QED) is 0.627. The van der Waals surface area contributed by atoms with Crippen LogP contribution in [0.2, 0.25) is 0 Å². The van der Waals surface area contributed by atoms with Crippen LogP contribution in [0.15, 0.2) is 37.4 Å². The summed E-state index contributed by atoms with van der Waals surface area (Å²) in [5.74, 6) is -0.224. The van der Waals surface area contributed by atoms with Crippen LogP contribution in [0.3, 0.4) is 0 Å². The molecule has 0 amide bonds. The van der Waals surface area contributed by atoms with E-state index in [4.69, 9.17) is 0 Å². The van der Waals surface area contributed by atoms with E-state index >= 15 is 0 Å². The molecule has 1 aromatic rings. The Bertz CT molecular complexity index is 416. The number of rotatable bonds is 5. The Morgan fingerprint density at radius 1 is 1.29 bits per heavy atom. The third-order valence-electron chi connectivity index (χ3n) is 2.42. The number of ether oxygens (including phenoxy) is 1. The lowest BCUT2D eigenvalue weighted by atomic mass is 10.00. The van der Waals surface area contributed by atoms with Crippen LogP contribution in [-0.2, 0) is 17.6 Å². The van der Waals surface area contributed by atoms with Gasteiger partial charge in [-0.05, 0) is 36.1 Å². The van der Waals surface area contributed by atoms with Gasteiger partial charge in [-0.25, -0.2) is 4.79 Å². The number of hydrogen-bond donors (Lipinski definition) is 1. The average molecular weight is 232 g/mol. The molecule has 0 heterocycles. The van der Waals surface area contributed by atoms with E-state index in [0.29, 0.717) is 29.5 Å². The molecule has 3 nitrogen and oxygen atoms in total. The van der Waals surface area contributed by atoms with Gasteiger partial charge < -0.3 is 9.84 Å². The first-order valence-corrected chi connectivity index (χ1v) is 5.28. The smallest absolute Gasteiger partial charge is 0.337 e. The monoisotopic (exact) mass is 232 g/mol. The van der Waals surface area contributed by atoms with Gasteiger partial charge in [0, 0.05) is 0 Å². The second-order valence-electron chi connectivity index (χ2n) is 3.62. The molecule has 0 saturated carbocycles. The lowest BCUT2D eigenvalue weighted by molar-refractivity contribution is 0.0600. The molecule has 0 aromatic heterocycles. The highest BCUT2D eigenvalue weighted by atomic mass is 16.5. The van der Waals surface area contributed by atoms with Crippen LogP contribution in [0.1, 0.15) is 21.5 Å². The Morgan fingerprint density at radius 3 is 2.12 bits per heavy atom. The molecule has 0 spiro atoms. The Kier molecular flexibility index (Phi) is 4.52. The van der Waals surface area contributed by atoms with E-state index in [1.165, 1.54) is 7.11 Å². The van der Waals surface area contributed by atoms with Crippen LogP contribution in [0.25, 0.3) is 0 Å². The highest BCUT2D eigenvalue weighted by Crippen LogP contribution is 2.26. The van der Waals surface area contributed by atoms with Crippen molar-refractivity contribution >= 4 is 5.97 Å². The summed E-state index contributed by atoms with van der Waals surface area (Å²) in [4.78, 5) is 11.5. The fourth-order valence-corrected chi connectivity index (χ4v) is 1.62. The van der Waals surface area contributed by atoms with Crippen molar-refractivity contribution in [2.45, 2.75) is 12.8 Å².